The molecule has 0 radical (unpaired) electrons. The topological polar surface area (TPSA) is 45.8 Å². The number of aldehydes is 1. The van der Waals surface area contributed by atoms with Gasteiger partial charge in [-0.05, 0) is 34.1 Å². The molecule has 0 saturated carbocycles. The van der Waals surface area contributed by atoms with E-state index in [0.717, 1.165) is 0 Å². The molecule has 0 spiro atoms. The smallest absolute Gasteiger partial charge is 0.153 e. The number of carbonyl (C=O) groups excluding carboxylic acids is 1. The van der Waals surface area contributed by atoms with Gasteiger partial charge in [-0.3, -0.25) is 9.89 Å². The Bertz CT molecular complexity index is 510. The van der Waals surface area contributed by atoms with Gasteiger partial charge in [0.25, 0.3) is 0 Å². The quantitative estimate of drug-likeness (QED) is 0.852. The molecule has 0 bridgehead atoms. The Balaban J connectivity index is 2.54. The Morgan fingerprint density at radius 1 is 1.47 bits per heavy atom. The molecule has 0 amide bonds. The van der Waals surface area contributed by atoms with Gasteiger partial charge in [0.15, 0.2) is 6.29 Å². The third-order valence-corrected chi connectivity index (χ3v) is 2.61. The van der Waals surface area contributed by atoms with Crippen LogP contribution in [-0.4, -0.2) is 16.5 Å². The number of hydrogen-bond acceptors (Lipinski definition) is 2. The van der Waals surface area contributed by atoms with E-state index in [4.69, 9.17) is 0 Å². The van der Waals surface area contributed by atoms with Gasteiger partial charge in [0, 0.05) is 5.56 Å². The highest BCUT2D eigenvalue weighted by atomic mass is 79.9. The van der Waals surface area contributed by atoms with E-state index in [1.54, 1.807) is 12.1 Å². The largest absolute Gasteiger partial charge is 0.298 e. The van der Waals surface area contributed by atoms with Gasteiger partial charge in [-0.15, -0.1) is 0 Å². The Morgan fingerprint density at radius 3 is 2.93 bits per heavy atom. The standard InChI is InChI=1S/C10H6BrFN2O/c11-8-3-6(1-2-9(8)12)10-7(5-15)4-13-14-10/h1-5H,(H,13,14). The lowest BCUT2D eigenvalue weighted by molar-refractivity contribution is 0.112. The van der Waals surface area contributed by atoms with Gasteiger partial charge in [0.2, 0.25) is 0 Å². The van der Waals surface area contributed by atoms with Gasteiger partial charge in [-0.2, -0.15) is 5.10 Å². The van der Waals surface area contributed by atoms with Crippen molar-refractivity contribution in [1.29, 1.82) is 0 Å². The molecule has 1 N–H and O–H groups in total. The van der Waals surface area contributed by atoms with Crippen LogP contribution in [0.1, 0.15) is 10.4 Å². The molecule has 0 atom stereocenters. The van der Waals surface area contributed by atoms with E-state index in [1.165, 1.54) is 12.3 Å². The number of aromatic amines is 1. The maximum Gasteiger partial charge on any atom is 0.153 e. The molecule has 5 heteroatoms. The third-order valence-electron chi connectivity index (χ3n) is 2.00. The first-order valence-electron chi connectivity index (χ1n) is 4.16. The Kier molecular flexibility index (Phi) is 2.64. The summed E-state index contributed by atoms with van der Waals surface area (Å²) in [5, 5.41) is 6.45. The van der Waals surface area contributed by atoms with Crippen LogP contribution >= 0.6 is 15.9 Å². The molecular weight excluding hydrogens is 263 g/mol. The van der Waals surface area contributed by atoms with Crippen LogP contribution in [0.25, 0.3) is 11.3 Å². The lowest BCUT2D eigenvalue weighted by atomic mass is 10.1. The number of rotatable bonds is 2. The van der Waals surface area contributed by atoms with Crippen molar-refractivity contribution in [3.8, 4) is 11.3 Å². The molecule has 0 fully saturated rings. The van der Waals surface area contributed by atoms with Gasteiger partial charge in [-0.25, -0.2) is 4.39 Å². The van der Waals surface area contributed by atoms with Crippen molar-refractivity contribution in [2.75, 3.05) is 0 Å². The maximum absolute atomic E-state index is 13.0. The van der Waals surface area contributed by atoms with E-state index < -0.39 is 0 Å². The van der Waals surface area contributed by atoms with Crippen molar-refractivity contribution in [3.05, 3.63) is 40.2 Å². The Morgan fingerprint density at radius 2 is 2.27 bits per heavy atom. The molecule has 0 aliphatic carbocycles. The molecule has 2 rings (SSSR count). The second-order valence-corrected chi connectivity index (χ2v) is 3.80. The first-order valence-corrected chi connectivity index (χ1v) is 4.95. The number of aromatic nitrogens is 2. The lowest BCUT2D eigenvalue weighted by Crippen LogP contribution is -1.86. The van der Waals surface area contributed by atoms with Gasteiger partial charge in [-0.1, -0.05) is 0 Å². The number of H-pyrrole nitrogens is 1. The van der Waals surface area contributed by atoms with Crippen molar-refractivity contribution >= 4 is 22.2 Å². The SMILES string of the molecule is O=Cc1cn[nH]c1-c1ccc(F)c(Br)c1. The highest BCUT2D eigenvalue weighted by Crippen LogP contribution is 2.25. The second-order valence-electron chi connectivity index (χ2n) is 2.95. The summed E-state index contributed by atoms with van der Waals surface area (Å²) in [6, 6.07) is 4.51. The molecule has 0 aliphatic heterocycles. The van der Waals surface area contributed by atoms with Crippen molar-refractivity contribution in [3.63, 3.8) is 0 Å². The van der Waals surface area contributed by atoms with Gasteiger partial charge >= 0.3 is 0 Å². The zero-order valence-electron chi connectivity index (χ0n) is 7.50. The van der Waals surface area contributed by atoms with Crippen LogP contribution in [0.5, 0.6) is 0 Å². The van der Waals surface area contributed by atoms with E-state index in [1.807, 2.05) is 0 Å². The lowest BCUT2D eigenvalue weighted by Gasteiger charge is -2.00. The van der Waals surface area contributed by atoms with Crippen LogP contribution in [-0.2, 0) is 0 Å². The third kappa shape index (κ3) is 1.83. The fourth-order valence-corrected chi connectivity index (χ4v) is 1.65. The molecule has 1 aromatic carbocycles. The molecule has 0 saturated heterocycles. The van der Waals surface area contributed by atoms with Crippen molar-refractivity contribution in [1.82, 2.24) is 10.2 Å². The molecule has 1 aromatic heterocycles. The summed E-state index contributed by atoms with van der Waals surface area (Å²) in [5.41, 5.74) is 1.75. The maximum atomic E-state index is 13.0. The summed E-state index contributed by atoms with van der Waals surface area (Å²) in [6.45, 7) is 0. The van der Waals surface area contributed by atoms with Crippen LogP contribution < -0.4 is 0 Å². The van der Waals surface area contributed by atoms with Crippen molar-refractivity contribution in [2.24, 2.45) is 0 Å². The van der Waals surface area contributed by atoms with Crippen LogP contribution in [0.15, 0.2) is 28.9 Å². The summed E-state index contributed by atoms with van der Waals surface area (Å²) in [7, 11) is 0. The summed E-state index contributed by atoms with van der Waals surface area (Å²) < 4.78 is 13.3. The fraction of sp³-hybridized carbons (Fsp3) is 0. The van der Waals surface area contributed by atoms with Crippen molar-refractivity contribution < 1.29 is 9.18 Å². The monoisotopic (exact) mass is 268 g/mol. The first-order chi connectivity index (χ1) is 7.22. The Labute approximate surface area is 93.4 Å². The van der Waals surface area contributed by atoms with Crippen molar-refractivity contribution in [2.45, 2.75) is 0 Å². The molecule has 0 aliphatic rings. The normalized spacial score (nSPS) is 10.3. The van der Waals surface area contributed by atoms with Crippen LogP contribution in [0, 0.1) is 5.82 Å². The number of hydrogen-bond donors (Lipinski definition) is 1. The Hall–Kier alpha value is -1.49. The number of carbonyl (C=O) groups is 1. The summed E-state index contributed by atoms with van der Waals surface area (Å²) in [5.74, 6) is -0.342. The van der Waals surface area contributed by atoms with E-state index in [2.05, 4.69) is 26.1 Å². The van der Waals surface area contributed by atoms with Gasteiger partial charge < -0.3 is 0 Å². The number of halogens is 2. The number of nitrogens with zero attached hydrogens (tertiary/aromatic N) is 1. The number of nitrogens with one attached hydrogen (secondary N) is 1. The summed E-state index contributed by atoms with van der Waals surface area (Å²) >= 11 is 3.08. The minimum atomic E-state index is -0.342. The van der Waals surface area contributed by atoms with Crippen LogP contribution in [0.3, 0.4) is 0 Å². The predicted molar refractivity (Wildman–Crippen MR) is 57.1 cm³/mol. The zero-order chi connectivity index (χ0) is 10.8. The molecule has 2 aromatic rings. The minimum Gasteiger partial charge on any atom is -0.298 e. The van der Waals surface area contributed by atoms with Crippen LogP contribution in [0.2, 0.25) is 0 Å². The highest BCUT2D eigenvalue weighted by molar-refractivity contribution is 9.10. The van der Waals surface area contributed by atoms with Gasteiger partial charge in [0.1, 0.15) is 5.82 Å². The highest BCUT2D eigenvalue weighted by Gasteiger charge is 2.08. The summed E-state index contributed by atoms with van der Waals surface area (Å²) in [4.78, 5) is 10.7. The zero-order valence-corrected chi connectivity index (χ0v) is 9.08. The molecule has 0 unspecified atom stereocenters. The molecule has 3 nitrogen and oxygen atoms in total. The average molecular weight is 269 g/mol. The first kappa shape index (κ1) is 10.0. The fourth-order valence-electron chi connectivity index (χ4n) is 1.27. The molecule has 1 heterocycles. The molecule has 15 heavy (non-hydrogen) atoms. The van der Waals surface area contributed by atoms with E-state index in [9.17, 15) is 9.18 Å². The molecule has 76 valence electrons. The van der Waals surface area contributed by atoms with E-state index in [-0.39, 0.29) is 5.82 Å². The predicted octanol–water partition coefficient (Wildman–Crippen LogP) is 2.79. The minimum absolute atomic E-state index is 0.342. The second kappa shape index (κ2) is 3.94. The summed E-state index contributed by atoms with van der Waals surface area (Å²) in [6.07, 6.45) is 2.13. The van der Waals surface area contributed by atoms with Gasteiger partial charge in [0.05, 0.1) is 21.9 Å². The number of benzene rings is 1. The average Bonchev–Trinajstić information content (AvgIpc) is 2.70. The van der Waals surface area contributed by atoms with E-state index in [0.29, 0.717) is 27.6 Å². The molecular formula is C10H6BrFN2O. The van der Waals surface area contributed by atoms with Crippen LogP contribution in [0.4, 0.5) is 4.39 Å². The van der Waals surface area contributed by atoms with E-state index >= 15 is 0 Å².